The third-order valence-corrected chi connectivity index (χ3v) is 6.59. The van der Waals surface area contributed by atoms with E-state index >= 15 is 0 Å². The second-order valence-corrected chi connectivity index (χ2v) is 8.23. The molecule has 0 radical (unpaired) electrons. The van der Waals surface area contributed by atoms with E-state index in [-0.39, 0.29) is 16.9 Å². The molecule has 2 fully saturated rings. The first-order valence-corrected chi connectivity index (χ1v) is 9.92. The van der Waals surface area contributed by atoms with Crippen LogP contribution in [0.1, 0.15) is 43.7 Å². The molecule has 1 saturated heterocycles. The summed E-state index contributed by atoms with van der Waals surface area (Å²) in [5, 5.41) is 3.06. The highest BCUT2D eigenvalue weighted by Crippen LogP contribution is 2.52. The number of para-hydroxylation sites is 1. The Morgan fingerprint density at radius 2 is 1.69 bits per heavy atom. The normalized spacial score (nSPS) is 28.3. The molecule has 1 heterocycles. The molecular formula is C22H25ClN2O. The molecule has 2 aliphatic rings. The van der Waals surface area contributed by atoms with E-state index in [1.807, 2.05) is 41.3 Å². The van der Waals surface area contributed by atoms with Gasteiger partial charge in [-0.05, 0) is 37.0 Å². The van der Waals surface area contributed by atoms with E-state index in [0.717, 1.165) is 24.9 Å². The highest BCUT2D eigenvalue weighted by molar-refractivity contribution is 6.24. The highest BCUT2D eigenvalue weighted by Gasteiger charge is 2.50. The number of amides is 2. The van der Waals surface area contributed by atoms with Gasteiger partial charge in [-0.1, -0.05) is 61.4 Å². The summed E-state index contributed by atoms with van der Waals surface area (Å²) >= 11 is 7.09. The number of nitrogens with zero attached hydrogens (tertiary/aromatic N) is 1. The molecule has 26 heavy (non-hydrogen) atoms. The van der Waals surface area contributed by atoms with Gasteiger partial charge in [0.1, 0.15) is 0 Å². The first-order valence-electron chi connectivity index (χ1n) is 9.54. The molecule has 2 aromatic carbocycles. The summed E-state index contributed by atoms with van der Waals surface area (Å²) in [4.78, 5) is 14.9. The lowest BCUT2D eigenvalue weighted by atomic mass is 9.68. The van der Waals surface area contributed by atoms with E-state index in [1.54, 1.807) is 0 Å². The second kappa shape index (κ2) is 7.32. The standard InChI is InChI=1S/C22H25ClN2O/c23-22-14-8-7-13-19(22)20(17-9-3-1-4-10-17)25(16-15-22)21(26)24-18-11-5-2-6-12-18/h1-6,9-12,19-20H,7-8,13-16H2,(H,24,26). The number of urea groups is 1. The number of piperidine rings is 1. The Kier molecular flexibility index (Phi) is 4.90. The van der Waals surface area contributed by atoms with Crippen LogP contribution in [0.5, 0.6) is 0 Å². The van der Waals surface area contributed by atoms with E-state index < -0.39 is 0 Å². The average molecular weight is 369 g/mol. The van der Waals surface area contributed by atoms with Crippen molar-refractivity contribution in [2.24, 2.45) is 5.92 Å². The van der Waals surface area contributed by atoms with Crippen LogP contribution in [0.15, 0.2) is 60.7 Å². The summed E-state index contributed by atoms with van der Waals surface area (Å²) in [5.41, 5.74) is 2.02. The minimum Gasteiger partial charge on any atom is -0.317 e. The number of anilines is 1. The van der Waals surface area contributed by atoms with Gasteiger partial charge in [0.25, 0.3) is 0 Å². The molecule has 2 aromatic rings. The summed E-state index contributed by atoms with van der Waals surface area (Å²) in [7, 11) is 0. The van der Waals surface area contributed by atoms with Crippen molar-refractivity contribution in [1.82, 2.24) is 4.90 Å². The maximum Gasteiger partial charge on any atom is 0.322 e. The number of nitrogens with one attached hydrogen (secondary N) is 1. The van der Waals surface area contributed by atoms with Crippen molar-refractivity contribution in [3.63, 3.8) is 0 Å². The van der Waals surface area contributed by atoms with Crippen molar-refractivity contribution < 1.29 is 4.79 Å². The van der Waals surface area contributed by atoms with Gasteiger partial charge in [-0.15, -0.1) is 11.6 Å². The molecule has 3 unspecified atom stereocenters. The summed E-state index contributed by atoms with van der Waals surface area (Å²) in [6.07, 6.45) is 5.38. The van der Waals surface area contributed by atoms with Crippen LogP contribution in [0.2, 0.25) is 0 Å². The summed E-state index contributed by atoms with van der Waals surface area (Å²) < 4.78 is 0. The Bertz CT molecular complexity index is 751. The van der Waals surface area contributed by atoms with E-state index in [2.05, 4.69) is 29.6 Å². The Balaban J connectivity index is 1.65. The number of carbonyl (C=O) groups excluding carboxylic acids is 1. The van der Waals surface area contributed by atoms with Crippen molar-refractivity contribution in [2.45, 2.75) is 43.0 Å². The Hall–Kier alpha value is -2.00. The van der Waals surface area contributed by atoms with Crippen LogP contribution in [-0.4, -0.2) is 22.3 Å². The molecule has 1 aliphatic carbocycles. The number of rotatable bonds is 2. The van der Waals surface area contributed by atoms with Crippen molar-refractivity contribution in [3.05, 3.63) is 66.2 Å². The number of alkyl halides is 1. The smallest absolute Gasteiger partial charge is 0.317 e. The number of likely N-dealkylation sites (tertiary alicyclic amines) is 1. The van der Waals surface area contributed by atoms with Crippen LogP contribution in [0.3, 0.4) is 0 Å². The molecule has 1 saturated carbocycles. The van der Waals surface area contributed by atoms with Crippen molar-refractivity contribution in [3.8, 4) is 0 Å². The summed E-state index contributed by atoms with van der Waals surface area (Å²) in [5.74, 6) is 0.301. The number of fused-ring (bicyclic) bond motifs is 1. The molecule has 4 rings (SSSR count). The largest absolute Gasteiger partial charge is 0.322 e. The zero-order valence-corrected chi connectivity index (χ0v) is 15.7. The molecule has 136 valence electrons. The molecule has 3 nitrogen and oxygen atoms in total. The maximum atomic E-state index is 13.1. The van der Waals surface area contributed by atoms with E-state index in [4.69, 9.17) is 11.6 Å². The quantitative estimate of drug-likeness (QED) is 0.664. The van der Waals surface area contributed by atoms with Crippen molar-refractivity contribution in [1.29, 1.82) is 0 Å². The molecule has 2 amide bonds. The Morgan fingerprint density at radius 1 is 1.00 bits per heavy atom. The summed E-state index contributed by atoms with van der Waals surface area (Å²) in [6.45, 7) is 0.693. The van der Waals surface area contributed by atoms with E-state index in [0.29, 0.717) is 12.5 Å². The molecular weight excluding hydrogens is 344 g/mol. The van der Waals surface area contributed by atoms with Gasteiger partial charge in [0.15, 0.2) is 0 Å². The third kappa shape index (κ3) is 3.33. The molecule has 0 bridgehead atoms. The van der Waals surface area contributed by atoms with Gasteiger partial charge in [0.05, 0.1) is 10.9 Å². The molecule has 3 atom stereocenters. The van der Waals surface area contributed by atoms with E-state index in [1.165, 1.54) is 18.4 Å². The van der Waals surface area contributed by atoms with Crippen molar-refractivity contribution >= 4 is 23.3 Å². The fourth-order valence-electron chi connectivity index (χ4n) is 4.65. The van der Waals surface area contributed by atoms with Gasteiger partial charge < -0.3 is 10.2 Å². The fraction of sp³-hybridized carbons (Fsp3) is 0.409. The van der Waals surface area contributed by atoms with Crippen LogP contribution in [0, 0.1) is 5.92 Å². The minimum atomic E-state index is -0.178. The van der Waals surface area contributed by atoms with Gasteiger partial charge >= 0.3 is 6.03 Å². The SMILES string of the molecule is O=C(Nc1ccccc1)N1CCC2(Cl)CCCCC2C1c1ccccc1. The molecule has 1 aliphatic heterocycles. The predicted molar refractivity (Wildman–Crippen MR) is 107 cm³/mol. The number of halogens is 1. The monoisotopic (exact) mass is 368 g/mol. The van der Waals surface area contributed by atoms with E-state index in [9.17, 15) is 4.79 Å². The first-order chi connectivity index (χ1) is 12.7. The predicted octanol–water partition coefficient (Wildman–Crippen LogP) is 5.83. The lowest BCUT2D eigenvalue weighted by Crippen LogP contribution is -2.54. The van der Waals surface area contributed by atoms with Gasteiger partial charge in [-0.25, -0.2) is 4.79 Å². The maximum absolute atomic E-state index is 13.1. The molecule has 1 N–H and O–H groups in total. The zero-order valence-electron chi connectivity index (χ0n) is 14.9. The molecule has 0 aromatic heterocycles. The van der Waals surface area contributed by atoms with Gasteiger partial charge in [-0.2, -0.15) is 0 Å². The highest BCUT2D eigenvalue weighted by atomic mass is 35.5. The summed E-state index contributed by atoms with van der Waals surface area (Å²) in [6, 6.07) is 20.1. The molecule has 4 heteroatoms. The average Bonchev–Trinajstić information content (AvgIpc) is 2.68. The van der Waals surface area contributed by atoms with Crippen LogP contribution >= 0.6 is 11.6 Å². The van der Waals surface area contributed by atoms with Gasteiger partial charge in [-0.3, -0.25) is 0 Å². The Morgan fingerprint density at radius 3 is 2.42 bits per heavy atom. The van der Waals surface area contributed by atoms with Gasteiger partial charge in [0, 0.05) is 18.2 Å². The molecule has 0 spiro atoms. The lowest BCUT2D eigenvalue weighted by Gasteiger charge is -2.52. The van der Waals surface area contributed by atoms with Crippen LogP contribution in [0.4, 0.5) is 10.5 Å². The zero-order chi connectivity index (χ0) is 18.0. The van der Waals surface area contributed by atoms with Crippen LogP contribution in [0.25, 0.3) is 0 Å². The minimum absolute atomic E-state index is 0.0330. The second-order valence-electron chi connectivity index (χ2n) is 7.48. The first kappa shape index (κ1) is 17.4. The van der Waals surface area contributed by atoms with Crippen LogP contribution in [-0.2, 0) is 0 Å². The van der Waals surface area contributed by atoms with Gasteiger partial charge in [0.2, 0.25) is 0 Å². The number of hydrogen-bond acceptors (Lipinski definition) is 1. The number of hydrogen-bond donors (Lipinski definition) is 1. The topological polar surface area (TPSA) is 32.3 Å². The fourth-order valence-corrected chi connectivity index (χ4v) is 5.09. The number of carbonyl (C=O) groups is 1. The lowest BCUT2D eigenvalue weighted by molar-refractivity contribution is 0.0651. The van der Waals surface area contributed by atoms with Crippen LogP contribution < -0.4 is 5.32 Å². The number of benzene rings is 2. The Labute approximate surface area is 160 Å². The van der Waals surface area contributed by atoms with Crippen molar-refractivity contribution in [2.75, 3.05) is 11.9 Å². The third-order valence-electron chi connectivity index (χ3n) is 5.93.